The van der Waals surface area contributed by atoms with E-state index in [9.17, 15) is 4.79 Å². The van der Waals surface area contributed by atoms with Crippen LogP contribution in [0.25, 0.3) is 0 Å². The highest BCUT2D eigenvalue weighted by atomic mass is 16.4. The number of likely N-dealkylation sites (tertiary alicyclic amines) is 1. The Balaban J connectivity index is 1.47. The highest BCUT2D eigenvalue weighted by molar-refractivity contribution is 5.90. The molecule has 0 spiro atoms. The predicted octanol–water partition coefficient (Wildman–Crippen LogP) is 0.200. The van der Waals surface area contributed by atoms with E-state index in [0.717, 1.165) is 32.4 Å². The normalized spacial score (nSPS) is 23.7. The average molecular weight is 266 g/mol. The molecule has 19 heavy (non-hydrogen) atoms. The van der Waals surface area contributed by atoms with Crippen molar-refractivity contribution in [2.45, 2.75) is 25.2 Å². The number of rotatable bonds is 5. The number of nitrogens with one attached hydrogen (secondary N) is 1. The molecular weight excluding hydrogens is 248 g/mol. The summed E-state index contributed by atoms with van der Waals surface area (Å²) in [4.78, 5) is 13.8. The van der Waals surface area contributed by atoms with Crippen LogP contribution in [0, 0.1) is 5.92 Å². The first-order valence-corrected chi connectivity index (χ1v) is 6.71. The van der Waals surface area contributed by atoms with E-state index in [1.807, 2.05) is 4.90 Å². The van der Waals surface area contributed by atoms with Gasteiger partial charge in [-0.05, 0) is 31.7 Å². The number of aliphatic hydroxyl groups excluding tert-OH is 1. The molecule has 1 unspecified atom stereocenters. The first kappa shape index (κ1) is 12.6. The van der Waals surface area contributed by atoms with Crippen molar-refractivity contribution in [2.24, 2.45) is 5.92 Å². The predicted molar refractivity (Wildman–Crippen MR) is 66.5 cm³/mol. The van der Waals surface area contributed by atoms with Crippen LogP contribution in [-0.4, -0.2) is 52.4 Å². The highest BCUT2D eigenvalue weighted by Gasteiger charge is 2.30. The van der Waals surface area contributed by atoms with Gasteiger partial charge in [0.1, 0.15) is 0 Å². The molecule has 1 aliphatic carbocycles. The molecule has 7 nitrogen and oxygen atoms in total. The molecule has 1 aromatic heterocycles. The summed E-state index contributed by atoms with van der Waals surface area (Å²) in [5.41, 5.74) is 0. The summed E-state index contributed by atoms with van der Waals surface area (Å²) in [6.45, 7) is 2.10. The zero-order valence-electron chi connectivity index (χ0n) is 10.7. The first-order valence-electron chi connectivity index (χ1n) is 6.71. The lowest BCUT2D eigenvalue weighted by Crippen LogP contribution is -2.32. The fraction of sp³-hybridized carbons (Fsp3) is 0.750. The number of nitrogens with zero attached hydrogens (tertiary/aromatic N) is 3. The van der Waals surface area contributed by atoms with E-state index in [1.165, 1.54) is 0 Å². The molecule has 0 aromatic carbocycles. The molecule has 3 rings (SSSR count). The van der Waals surface area contributed by atoms with Crippen molar-refractivity contribution < 1.29 is 14.3 Å². The molecule has 2 N–H and O–H groups in total. The van der Waals surface area contributed by atoms with E-state index in [0.29, 0.717) is 18.4 Å². The van der Waals surface area contributed by atoms with Gasteiger partial charge in [-0.1, -0.05) is 5.10 Å². The van der Waals surface area contributed by atoms with Crippen molar-refractivity contribution in [2.75, 3.05) is 31.6 Å². The summed E-state index contributed by atoms with van der Waals surface area (Å²) in [6, 6.07) is 0.185. The molecule has 1 saturated carbocycles. The zero-order valence-corrected chi connectivity index (χ0v) is 10.7. The van der Waals surface area contributed by atoms with E-state index in [2.05, 4.69) is 15.5 Å². The third kappa shape index (κ3) is 3.10. The van der Waals surface area contributed by atoms with E-state index in [4.69, 9.17) is 9.52 Å². The van der Waals surface area contributed by atoms with E-state index >= 15 is 0 Å². The number of carbonyl (C=O) groups excluding carboxylic acids is 1. The van der Waals surface area contributed by atoms with Gasteiger partial charge in [-0.2, -0.15) is 0 Å². The zero-order chi connectivity index (χ0) is 13.2. The topological polar surface area (TPSA) is 91.5 Å². The van der Waals surface area contributed by atoms with Gasteiger partial charge in [-0.15, -0.1) is 5.10 Å². The maximum Gasteiger partial charge on any atom is 0.322 e. The summed E-state index contributed by atoms with van der Waals surface area (Å²) in [5.74, 6) is 1.15. The van der Waals surface area contributed by atoms with Gasteiger partial charge < -0.3 is 9.52 Å². The van der Waals surface area contributed by atoms with Crippen molar-refractivity contribution in [3.8, 4) is 0 Å². The third-order valence-corrected chi connectivity index (χ3v) is 3.61. The lowest BCUT2D eigenvalue weighted by Gasteiger charge is -2.13. The van der Waals surface area contributed by atoms with Gasteiger partial charge in [0.15, 0.2) is 0 Å². The fourth-order valence-corrected chi connectivity index (χ4v) is 2.35. The smallest absolute Gasteiger partial charge is 0.322 e. The molecule has 0 bridgehead atoms. The third-order valence-electron chi connectivity index (χ3n) is 3.61. The van der Waals surface area contributed by atoms with Gasteiger partial charge in [0.25, 0.3) is 0 Å². The Bertz CT molecular complexity index is 458. The molecule has 2 aliphatic rings. The maximum absolute atomic E-state index is 11.8. The second kappa shape index (κ2) is 5.26. The molecule has 1 aromatic rings. The minimum absolute atomic E-state index is 0.149. The Morgan fingerprint density at radius 3 is 2.95 bits per heavy atom. The number of aromatic nitrogens is 2. The van der Waals surface area contributed by atoms with Gasteiger partial charge in [0, 0.05) is 19.1 Å². The highest BCUT2D eigenvalue weighted by Crippen LogP contribution is 2.39. The Morgan fingerprint density at radius 2 is 2.26 bits per heavy atom. The number of carbonyl (C=O) groups is 1. The molecule has 2 fully saturated rings. The number of aliphatic hydroxyl groups is 1. The summed E-state index contributed by atoms with van der Waals surface area (Å²) < 4.78 is 5.37. The molecule has 1 saturated heterocycles. The number of hydrogen-bond acceptors (Lipinski definition) is 6. The van der Waals surface area contributed by atoms with Crippen LogP contribution in [0.5, 0.6) is 0 Å². The van der Waals surface area contributed by atoms with Crippen molar-refractivity contribution in [3.05, 3.63) is 5.89 Å². The Hall–Kier alpha value is -1.47. The van der Waals surface area contributed by atoms with Crippen LogP contribution < -0.4 is 5.32 Å². The van der Waals surface area contributed by atoms with Crippen LogP contribution in [-0.2, 0) is 4.79 Å². The minimum Gasteiger partial charge on any atom is -0.408 e. The van der Waals surface area contributed by atoms with Crippen molar-refractivity contribution in [1.82, 2.24) is 15.1 Å². The van der Waals surface area contributed by atoms with Crippen LogP contribution in [0.15, 0.2) is 4.42 Å². The molecule has 1 aliphatic heterocycles. The lowest BCUT2D eigenvalue weighted by atomic mass is 10.1. The van der Waals surface area contributed by atoms with Crippen LogP contribution in [0.3, 0.4) is 0 Å². The van der Waals surface area contributed by atoms with Crippen LogP contribution in [0.2, 0.25) is 0 Å². The van der Waals surface area contributed by atoms with Gasteiger partial charge in [-0.3, -0.25) is 15.0 Å². The number of anilines is 1. The van der Waals surface area contributed by atoms with Crippen LogP contribution in [0.1, 0.15) is 31.1 Å². The van der Waals surface area contributed by atoms with Gasteiger partial charge in [-0.25, -0.2) is 0 Å². The SMILES string of the molecule is O=C(CN1CCC(CO)C1)Nc1nnc(C2CC2)o1. The van der Waals surface area contributed by atoms with Crippen molar-refractivity contribution in [1.29, 1.82) is 0 Å². The standard InChI is InChI=1S/C12H18N4O3/c17-7-8-3-4-16(5-8)6-10(18)13-12-15-14-11(19-12)9-1-2-9/h8-9,17H,1-7H2,(H,13,15,18). The number of hydrogen-bond donors (Lipinski definition) is 2. The van der Waals surface area contributed by atoms with E-state index in [1.54, 1.807) is 0 Å². The largest absolute Gasteiger partial charge is 0.408 e. The molecule has 0 radical (unpaired) electrons. The first-order chi connectivity index (χ1) is 9.24. The van der Waals surface area contributed by atoms with Crippen molar-refractivity contribution >= 4 is 11.9 Å². The summed E-state index contributed by atoms with van der Waals surface area (Å²) in [7, 11) is 0. The Morgan fingerprint density at radius 1 is 1.42 bits per heavy atom. The van der Waals surface area contributed by atoms with Gasteiger partial charge in [0.2, 0.25) is 11.8 Å². The molecule has 104 valence electrons. The molecular formula is C12H18N4O3. The van der Waals surface area contributed by atoms with Crippen LogP contribution in [0.4, 0.5) is 6.01 Å². The maximum atomic E-state index is 11.8. The average Bonchev–Trinajstić information content (AvgIpc) is 2.98. The molecule has 1 amide bonds. The van der Waals surface area contributed by atoms with Gasteiger partial charge >= 0.3 is 6.01 Å². The summed E-state index contributed by atoms with van der Waals surface area (Å²) >= 11 is 0. The molecule has 1 atom stereocenters. The van der Waals surface area contributed by atoms with E-state index in [-0.39, 0.29) is 24.4 Å². The van der Waals surface area contributed by atoms with Gasteiger partial charge in [0.05, 0.1) is 6.54 Å². The second-order valence-electron chi connectivity index (χ2n) is 5.34. The Labute approximate surface area is 111 Å². The fourth-order valence-electron chi connectivity index (χ4n) is 2.35. The second-order valence-corrected chi connectivity index (χ2v) is 5.34. The number of amides is 1. The quantitative estimate of drug-likeness (QED) is 0.791. The lowest BCUT2D eigenvalue weighted by molar-refractivity contribution is -0.117. The summed E-state index contributed by atoms with van der Waals surface area (Å²) in [5, 5.41) is 19.4. The summed E-state index contributed by atoms with van der Waals surface area (Å²) in [6.07, 6.45) is 3.12. The van der Waals surface area contributed by atoms with Crippen LogP contribution >= 0.6 is 0 Å². The minimum atomic E-state index is -0.149. The van der Waals surface area contributed by atoms with Crippen molar-refractivity contribution in [3.63, 3.8) is 0 Å². The molecule has 7 heteroatoms. The monoisotopic (exact) mass is 266 g/mol. The Kier molecular flexibility index (Phi) is 3.48. The van der Waals surface area contributed by atoms with E-state index < -0.39 is 0 Å². The molecule has 2 heterocycles.